The van der Waals surface area contributed by atoms with Crippen molar-refractivity contribution < 1.29 is 25.5 Å². The minimum absolute atomic E-state index is 0.0384. The van der Waals surface area contributed by atoms with Gasteiger partial charge >= 0.3 is 0 Å². The van der Waals surface area contributed by atoms with E-state index in [1.54, 1.807) is 60.7 Å². The van der Waals surface area contributed by atoms with Crippen LogP contribution in [0.3, 0.4) is 0 Å². The Kier molecular flexibility index (Phi) is 5.85. The van der Waals surface area contributed by atoms with Gasteiger partial charge in [0.05, 0.1) is 7.14 Å². The van der Waals surface area contributed by atoms with Crippen molar-refractivity contribution in [3.05, 3.63) is 96.6 Å². The molecule has 7 heteroatoms. The number of benzene rings is 5. The Bertz CT molecular complexity index is 1480. The molecule has 34 heavy (non-hydrogen) atoms. The minimum Gasteiger partial charge on any atom is -0.508 e. The fraction of sp³-hybridized carbons (Fsp3) is 0.0370. The maximum atomic E-state index is 11.1. The Hall–Kier alpha value is -2.92. The zero-order valence-electron chi connectivity index (χ0n) is 17.5. The molecular formula is C27H18I2O5. The molecule has 0 spiro atoms. The van der Waals surface area contributed by atoms with Crippen molar-refractivity contribution in [3.8, 4) is 28.7 Å². The number of phenolic OH excluding ortho intramolecular Hbond substituents is 5. The van der Waals surface area contributed by atoms with Gasteiger partial charge in [0.1, 0.15) is 28.7 Å². The van der Waals surface area contributed by atoms with Crippen molar-refractivity contribution in [2.75, 3.05) is 0 Å². The second-order valence-electron chi connectivity index (χ2n) is 8.07. The molecule has 0 fully saturated rings. The Labute approximate surface area is 222 Å². The Morgan fingerprint density at radius 2 is 0.971 bits per heavy atom. The molecule has 5 nitrogen and oxygen atoms in total. The van der Waals surface area contributed by atoms with Gasteiger partial charge in [-0.05, 0) is 121 Å². The lowest BCUT2D eigenvalue weighted by atomic mass is 9.80. The molecular weight excluding hydrogens is 658 g/mol. The first-order valence-electron chi connectivity index (χ1n) is 10.3. The molecule has 5 aromatic carbocycles. The molecule has 0 amide bonds. The Morgan fingerprint density at radius 3 is 1.41 bits per heavy atom. The van der Waals surface area contributed by atoms with Crippen molar-refractivity contribution in [1.29, 1.82) is 0 Å². The van der Waals surface area contributed by atoms with Gasteiger partial charge in [0.2, 0.25) is 0 Å². The predicted octanol–water partition coefficient (Wildman–Crippen LogP) is 6.91. The second-order valence-corrected chi connectivity index (χ2v) is 10.4. The lowest BCUT2D eigenvalue weighted by Crippen LogP contribution is -2.07. The summed E-state index contributed by atoms with van der Waals surface area (Å²) in [6.45, 7) is 0. The summed E-state index contributed by atoms with van der Waals surface area (Å²) in [4.78, 5) is 0. The number of aromatic hydroxyl groups is 5. The molecule has 0 radical (unpaired) electrons. The molecule has 170 valence electrons. The third-order valence-corrected chi connectivity index (χ3v) is 7.64. The summed E-state index contributed by atoms with van der Waals surface area (Å²) in [5.74, 6) is -0.157. The van der Waals surface area contributed by atoms with E-state index in [1.165, 1.54) is 0 Å². The summed E-state index contributed by atoms with van der Waals surface area (Å²) in [5, 5.41) is 55.6. The third kappa shape index (κ3) is 3.86. The van der Waals surface area contributed by atoms with E-state index in [2.05, 4.69) is 45.2 Å². The fourth-order valence-corrected chi connectivity index (χ4v) is 6.31. The first-order valence-corrected chi connectivity index (χ1v) is 12.5. The van der Waals surface area contributed by atoms with Gasteiger partial charge in [0, 0.05) is 17.0 Å². The zero-order valence-corrected chi connectivity index (χ0v) is 21.8. The van der Waals surface area contributed by atoms with Crippen LogP contribution in [-0.4, -0.2) is 25.5 Å². The highest BCUT2D eigenvalue weighted by Crippen LogP contribution is 2.48. The Balaban J connectivity index is 1.94. The molecule has 5 N–H and O–H groups in total. The van der Waals surface area contributed by atoms with Crippen LogP contribution >= 0.6 is 45.2 Å². The van der Waals surface area contributed by atoms with Crippen molar-refractivity contribution in [3.63, 3.8) is 0 Å². The number of hydrogen-bond donors (Lipinski definition) is 5. The molecule has 0 saturated heterocycles. The van der Waals surface area contributed by atoms with Crippen LogP contribution in [0.5, 0.6) is 28.7 Å². The van der Waals surface area contributed by atoms with E-state index >= 15 is 0 Å². The summed E-state index contributed by atoms with van der Waals surface area (Å²) in [7, 11) is 0. The lowest BCUT2D eigenvalue weighted by Gasteiger charge is -2.25. The topological polar surface area (TPSA) is 101 Å². The van der Waals surface area contributed by atoms with E-state index in [9.17, 15) is 25.5 Å². The van der Waals surface area contributed by atoms with Crippen LogP contribution in [0.25, 0.3) is 21.5 Å². The average molecular weight is 676 g/mol. The van der Waals surface area contributed by atoms with Gasteiger partial charge in [0.25, 0.3) is 0 Å². The third-order valence-electron chi connectivity index (χ3n) is 5.99. The molecule has 5 rings (SSSR count). The van der Waals surface area contributed by atoms with Crippen molar-refractivity contribution in [2.24, 2.45) is 0 Å². The van der Waals surface area contributed by atoms with Gasteiger partial charge in [-0.15, -0.1) is 0 Å². The molecule has 0 unspecified atom stereocenters. The highest BCUT2D eigenvalue weighted by atomic mass is 127. The summed E-state index contributed by atoms with van der Waals surface area (Å²) in [5.41, 5.74) is 1.88. The minimum atomic E-state index is -0.621. The molecule has 0 aromatic heterocycles. The van der Waals surface area contributed by atoms with E-state index in [0.29, 0.717) is 18.3 Å². The quantitative estimate of drug-likeness (QED) is 0.106. The number of halogens is 2. The van der Waals surface area contributed by atoms with E-state index in [0.717, 1.165) is 27.1 Å². The maximum Gasteiger partial charge on any atom is 0.142 e. The molecule has 5 aromatic rings. The zero-order chi connectivity index (χ0) is 24.1. The van der Waals surface area contributed by atoms with Crippen molar-refractivity contribution in [1.82, 2.24) is 0 Å². The van der Waals surface area contributed by atoms with Gasteiger partial charge in [0.15, 0.2) is 0 Å². The van der Waals surface area contributed by atoms with E-state index in [1.807, 2.05) is 12.1 Å². The van der Waals surface area contributed by atoms with Crippen LogP contribution in [0.4, 0.5) is 0 Å². The summed E-state index contributed by atoms with van der Waals surface area (Å²) < 4.78 is 1.28. The second kappa shape index (κ2) is 8.70. The number of rotatable bonds is 3. The van der Waals surface area contributed by atoms with Crippen LogP contribution < -0.4 is 0 Å². The smallest absolute Gasteiger partial charge is 0.142 e. The molecule has 0 aliphatic heterocycles. The Morgan fingerprint density at radius 1 is 0.529 bits per heavy atom. The molecule has 0 aliphatic rings. The molecule has 0 atom stereocenters. The largest absolute Gasteiger partial charge is 0.508 e. The van der Waals surface area contributed by atoms with Crippen LogP contribution in [0.1, 0.15) is 22.6 Å². The highest BCUT2D eigenvalue weighted by Gasteiger charge is 2.28. The number of phenols is 5. The van der Waals surface area contributed by atoms with Gasteiger partial charge in [-0.25, -0.2) is 0 Å². The van der Waals surface area contributed by atoms with Crippen LogP contribution in [0, 0.1) is 7.14 Å². The standard InChI is InChI=1S/C27H18I2O5/c28-20-11-15(12-21(29)27(20)34)24(25-18-5-3-16(30)9-13(18)1-7-22(25)32)26-19-6-4-17(31)10-14(19)2-8-23(26)33/h1-12,24,30-34H. The van der Waals surface area contributed by atoms with E-state index < -0.39 is 5.92 Å². The van der Waals surface area contributed by atoms with Gasteiger partial charge in [-0.1, -0.05) is 24.3 Å². The number of hydrogen-bond acceptors (Lipinski definition) is 5. The average Bonchev–Trinajstić information content (AvgIpc) is 2.80. The first kappa shape index (κ1) is 22.9. The van der Waals surface area contributed by atoms with E-state index in [-0.39, 0.29) is 28.7 Å². The van der Waals surface area contributed by atoms with Crippen LogP contribution in [0.2, 0.25) is 0 Å². The van der Waals surface area contributed by atoms with Gasteiger partial charge < -0.3 is 25.5 Å². The lowest BCUT2D eigenvalue weighted by molar-refractivity contribution is 0.459. The van der Waals surface area contributed by atoms with Crippen LogP contribution in [-0.2, 0) is 0 Å². The molecule has 0 aliphatic carbocycles. The van der Waals surface area contributed by atoms with Crippen LogP contribution in [0.15, 0.2) is 72.8 Å². The summed E-state index contributed by atoms with van der Waals surface area (Å²) >= 11 is 4.13. The normalized spacial score (nSPS) is 11.5. The highest BCUT2D eigenvalue weighted by molar-refractivity contribution is 14.1. The van der Waals surface area contributed by atoms with Gasteiger partial charge in [-0.3, -0.25) is 0 Å². The summed E-state index contributed by atoms with van der Waals surface area (Å²) in [6.07, 6.45) is 0. The molecule has 0 bridgehead atoms. The van der Waals surface area contributed by atoms with Crippen molar-refractivity contribution in [2.45, 2.75) is 5.92 Å². The SMILES string of the molecule is Oc1ccc2c(C(c3cc(I)c(O)c(I)c3)c3c(O)ccc4cc(O)ccc34)c(O)ccc2c1. The monoisotopic (exact) mass is 676 g/mol. The van der Waals surface area contributed by atoms with Gasteiger partial charge in [-0.2, -0.15) is 0 Å². The summed E-state index contributed by atoms with van der Waals surface area (Å²) in [6, 6.07) is 20.2. The first-order chi connectivity index (χ1) is 16.2. The molecule has 0 heterocycles. The predicted molar refractivity (Wildman–Crippen MR) is 149 cm³/mol. The number of fused-ring (bicyclic) bond motifs is 2. The van der Waals surface area contributed by atoms with E-state index in [4.69, 9.17) is 0 Å². The molecule has 0 saturated carbocycles. The van der Waals surface area contributed by atoms with Crippen molar-refractivity contribution >= 4 is 66.7 Å². The fourth-order valence-electron chi connectivity index (χ4n) is 4.50. The maximum absolute atomic E-state index is 11.1.